The first kappa shape index (κ1) is 17.3. The fourth-order valence-electron chi connectivity index (χ4n) is 2.55. The van der Waals surface area contributed by atoms with Crippen molar-refractivity contribution in [2.45, 2.75) is 12.6 Å². The van der Waals surface area contributed by atoms with Gasteiger partial charge in [0.1, 0.15) is 17.6 Å². The van der Waals surface area contributed by atoms with E-state index in [2.05, 4.69) is 5.32 Å². The fourth-order valence-corrected chi connectivity index (χ4v) is 2.67. The molecule has 0 saturated heterocycles. The van der Waals surface area contributed by atoms with Crippen LogP contribution in [0.5, 0.6) is 0 Å². The molecule has 5 heteroatoms. The Morgan fingerprint density at radius 1 is 1.08 bits per heavy atom. The molecule has 1 aromatic heterocycles. The van der Waals surface area contributed by atoms with Crippen molar-refractivity contribution < 1.29 is 13.9 Å². The number of esters is 1. The van der Waals surface area contributed by atoms with Gasteiger partial charge >= 0.3 is 5.97 Å². The predicted octanol–water partition coefficient (Wildman–Crippen LogP) is 4.60. The number of furan rings is 1. The van der Waals surface area contributed by atoms with E-state index < -0.39 is 6.04 Å². The molecule has 3 aromatic rings. The summed E-state index contributed by atoms with van der Waals surface area (Å²) in [6.45, 7) is 0.405. The van der Waals surface area contributed by atoms with Crippen molar-refractivity contribution in [1.82, 2.24) is 5.32 Å². The van der Waals surface area contributed by atoms with Crippen LogP contribution in [0.25, 0.3) is 11.3 Å². The molecule has 1 heterocycles. The summed E-state index contributed by atoms with van der Waals surface area (Å²) in [6.07, 6.45) is 0. The van der Waals surface area contributed by atoms with Gasteiger partial charge in [-0.15, -0.1) is 0 Å². The van der Waals surface area contributed by atoms with E-state index in [4.69, 9.17) is 20.8 Å². The van der Waals surface area contributed by atoms with Gasteiger partial charge in [0.25, 0.3) is 0 Å². The summed E-state index contributed by atoms with van der Waals surface area (Å²) >= 11 is 5.91. The Bertz CT molecular complexity index is 828. The van der Waals surface area contributed by atoms with Crippen LogP contribution in [-0.4, -0.2) is 13.1 Å². The molecule has 0 aliphatic heterocycles. The number of hydrogen-bond acceptors (Lipinski definition) is 4. The molecular formula is C20H18ClNO3. The molecule has 1 atom stereocenters. The zero-order valence-electron chi connectivity index (χ0n) is 13.7. The highest BCUT2D eigenvalue weighted by Gasteiger charge is 2.21. The van der Waals surface area contributed by atoms with Crippen LogP contribution in [0.2, 0.25) is 5.02 Å². The summed E-state index contributed by atoms with van der Waals surface area (Å²) in [6, 6.07) is 20.1. The molecular weight excluding hydrogens is 338 g/mol. The second-order valence-electron chi connectivity index (χ2n) is 5.52. The maximum atomic E-state index is 12.1. The van der Waals surface area contributed by atoms with Gasteiger partial charge in [-0.3, -0.25) is 5.32 Å². The van der Waals surface area contributed by atoms with E-state index in [1.807, 2.05) is 66.7 Å². The SMILES string of the molecule is COC(=O)C(NCc1ccc(-c2ccc(Cl)cc2)o1)c1ccccc1. The Kier molecular flexibility index (Phi) is 5.53. The summed E-state index contributed by atoms with van der Waals surface area (Å²) in [7, 11) is 1.38. The van der Waals surface area contributed by atoms with Crippen LogP contribution >= 0.6 is 11.6 Å². The second-order valence-corrected chi connectivity index (χ2v) is 5.96. The van der Waals surface area contributed by atoms with Gasteiger partial charge in [0.05, 0.1) is 13.7 Å². The van der Waals surface area contributed by atoms with Gasteiger partial charge in [-0.2, -0.15) is 0 Å². The molecule has 0 aliphatic carbocycles. The summed E-state index contributed by atoms with van der Waals surface area (Å²) in [4.78, 5) is 12.1. The van der Waals surface area contributed by atoms with Crippen LogP contribution in [0, 0.1) is 0 Å². The first-order valence-electron chi connectivity index (χ1n) is 7.88. The Morgan fingerprint density at radius 2 is 1.80 bits per heavy atom. The highest BCUT2D eigenvalue weighted by molar-refractivity contribution is 6.30. The fraction of sp³-hybridized carbons (Fsp3) is 0.150. The van der Waals surface area contributed by atoms with Crippen LogP contribution in [-0.2, 0) is 16.1 Å². The van der Waals surface area contributed by atoms with E-state index in [0.717, 1.165) is 22.6 Å². The quantitative estimate of drug-likeness (QED) is 0.656. The molecule has 4 nitrogen and oxygen atoms in total. The van der Waals surface area contributed by atoms with Gasteiger partial charge in [0.15, 0.2) is 0 Å². The average Bonchev–Trinajstić information content (AvgIpc) is 3.12. The van der Waals surface area contributed by atoms with Gasteiger partial charge < -0.3 is 9.15 Å². The number of carbonyl (C=O) groups is 1. The van der Waals surface area contributed by atoms with E-state index in [-0.39, 0.29) is 5.97 Å². The Balaban J connectivity index is 1.71. The molecule has 0 amide bonds. The van der Waals surface area contributed by atoms with Gasteiger partial charge in [-0.25, -0.2) is 4.79 Å². The van der Waals surface area contributed by atoms with E-state index in [1.54, 1.807) is 0 Å². The zero-order chi connectivity index (χ0) is 17.6. The van der Waals surface area contributed by atoms with E-state index in [1.165, 1.54) is 7.11 Å². The van der Waals surface area contributed by atoms with E-state index in [9.17, 15) is 4.79 Å². The van der Waals surface area contributed by atoms with Gasteiger partial charge in [-0.1, -0.05) is 41.9 Å². The normalized spacial score (nSPS) is 11.9. The lowest BCUT2D eigenvalue weighted by molar-refractivity contribution is -0.143. The average molecular weight is 356 g/mol. The molecule has 0 saturated carbocycles. The molecule has 1 unspecified atom stereocenters. The van der Waals surface area contributed by atoms with Crippen LogP contribution < -0.4 is 5.32 Å². The lowest BCUT2D eigenvalue weighted by Crippen LogP contribution is -2.29. The van der Waals surface area contributed by atoms with Crippen molar-refractivity contribution in [2.75, 3.05) is 7.11 Å². The summed E-state index contributed by atoms with van der Waals surface area (Å²) in [5.74, 6) is 1.15. The number of ether oxygens (including phenoxy) is 1. The number of benzene rings is 2. The number of carbonyl (C=O) groups excluding carboxylic acids is 1. The number of nitrogens with one attached hydrogen (secondary N) is 1. The first-order valence-corrected chi connectivity index (χ1v) is 8.26. The highest BCUT2D eigenvalue weighted by atomic mass is 35.5. The molecule has 2 aromatic carbocycles. The highest BCUT2D eigenvalue weighted by Crippen LogP contribution is 2.24. The maximum absolute atomic E-state index is 12.1. The minimum atomic E-state index is -0.546. The van der Waals surface area contributed by atoms with Crippen molar-refractivity contribution in [3.8, 4) is 11.3 Å². The van der Waals surface area contributed by atoms with E-state index in [0.29, 0.717) is 11.6 Å². The number of halogens is 1. The molecule has 0 aliphatic rings. The predicted molar refractivity (Wildman–Crippen MR) is 97.2 cm³/mol. The molecule has 1 N–H and O–H groups in total. The van der Waals surface area contributed by atoms with Crippen molar-refractivity contribution in [2.24, 2.45) is 0 Å². The van der Waals surface area contributed by atoms with Crippen molar-refractivity contribution >= 4 is 17.6 Å². The van der Waals surface area contributed by atoms with Crippen molar-refractivity contribution in [3.63, 3.8) is 0 Å². The Labute approximate surface area is 151 Å². The molecule has 25 heavy (non-hydrogen) atoms. The van der Waals surface area contributed by atoms with Crippen LogP contribution in [0.3, 0.4) is 0 Å². The summed E-state index contributed by atoms with van der Waals surface area (Å²) in [5, 5.41) is 3.87. The Morgan fingerprint density at radius 3 is 2.48 bits per heavy atom. The van der Waals surface area contributed by atoms with Gasteiger partial charge in [0.2, 0.25) is 0 Å². The van der Waals surface area contributed by atoms with E-state index >= 15 is 0 Å². The molecule has 3 rings (SSSR count). The smallest absolute Gasteiger partial charge is 0.327 e. The Hall–Kier alpha value is -2.56. The number of rotatable bonds is 6. The lowest BCUT2D eigenvalue weighted by Gasteiger charge is -2.16. The standard InChI is InChI=1S/C20H18ClNO3/c1-24-20(23)19(15-5-3-2-4-6-15)22-13-17-11-12-18(25-17)14-7-9-16(21)10-8-14/h2-12,19,22H,13H2,1H3. The second kappa shape index (κ2) is 8.01. The third kappa shape index (κ3) is 4.29. The molecule has 128 valence electrons. The van der Waals surface area contributed by atoms with Gasteiger partial charge in [-0.05, 0) is 42.0 Å². The van der Waals surface area contributed by atoms with Gasteiger partial charge in [0, 0.05) is 10.6 Å². The summed E-state index contributed by atoms with van der Waals surface area (Å²) in [5.41, 5.74) is 1.79. The molecule has 0 radical (unpaired) electrons. The van der Waals surface area contributed by atoms with Crippen molar-refractivity contribution in [1.29, 1.82) is 0 Å². The maximum Gasteiger partial charge on any atom is 0.327 e. The first-order chi connectivity index (χ1) is 12.2. The van der Waals surface area contributed by atoms with Crippen LogP contribution in [0.15, 0.2) is 71.1 Å². The molecule has 0 spiro atoms. The molecule has 0 bridgehead atoms. The third-order valence-electron chi connectivity index (χ3n) is 3.84. The molecule has 0 fully saturated rings. The summed E-state index contributed by atoms with van der Waals surface area (Å²) < 4.78 is 10.7. The largest absolute Gasteiger partial charge is 0.468 e. The van der Waals surface area contributed by atoms with Crippen molar-refractivity contribution in [3.05, 3.63) is 83.1 Å². The third-order valence-corrected chi connectivity index (χ3v) is 4.09. The van der Waals surface area contributed by atoms with Crippen LogP contribution in [0.1, 0.15) is 17.4 Å². The lowest BCUT2D eigenvalue weighted by atomic mass is 10.1. The minimum Gasteiger partial charge on any atom is -0.468 e. The van der Waals surface area contributed by atoms with Crippen LogP contribution in [0.4, 0.5) is 0 Å². The topological polar surface area (TPSA) is 51.5 Å². The number of hydrogen-bond donors (Lipinski definition) is 1. The monoisotopic (exact) mass is 355 g/mol. The minimum absolute atomic E-state index is 0.337. The zero-order valence-corrected chi connectivity index (χ0v) is 14.5. The number of methoxy groups -OCH3 is 1.